The summed E-state index contributed by atoms with van der Waals surface area (Å²) < 4.78 is 6.51. The topological polar surface area (TPSA) is 12.5 Å². The predicted octanol–water partition coefficient (Wildman–Crippen LogP) is 5.01. The summed E-state index contributed by atoms with van der Waals surface area (Å²) >= 11 is 0. The van der Waals surface area contributed by atoms with Crippen molar-refractivity contribution in [1.82, 2.24) is 4.90 Å². The van der Waals surface area contributed by atoms with E-state index in [2.05, 4.69) is 39.5 Å². The maximum absolute atomic E-state index is 6.51. The molecule has 0 spiro atoms. The quantitative estimate of drug-likeness (QED) is 0.551. The van der Waals surface area contributed by atoms with Crippen molar-refractivity contribution in [3.05, 3.63) is 0 Å². The third-order valence-electron chi connectivity index (χ3n) is 4.97. The van der Waals surface area contributed by atoms with Gasteiger partial charge in [-0.25, -0.2) is 0 Å². The Morgan fingerprint density at radius 3 is 2.25 bits per heavy atom. The van der Waals surface area contributed by atoms with Gasteiger partial charge in [0.2, 0.25) is 0 Å². The number of hydrogen-bond acceptors (Lipinski definition) is 2. The van der Waals surface area contributed by atoms with E-state index < -0.39 is 0 Å². The Morgan fingerprint density at radius 2 is 1.75 bits per heavy atom. The average Bonchev–Trinajstić information content (AvgIpc) is 2.44. The summed E-state index contributed by atoms with van der Waals surface area (Å²) in [4.78, 5) is 2.57. The fraction of sp³-hybridized carbons (Fsp3) is 1.00. The number of piperidine rings is 1. The Bertz CT molecular complexity index is 246. The molecule has 1 rings (SSSR count). The van der Waals surface area contributed by atoms with Gasteiger partial charge in [-0.3, -0.25) is 0 Å². The first-order chi connectivity index (χ1) is 9.50. The van der Waals surface area contributed by atoms with Crippen LogP contribution in [0.25, 0.3) is 0 Å². The summed E-state index contributed by atoms with van der Waals surface area (Å²) in [6, 6.07) is 0.683. The summed E-state index contributed by atoms with van der Waals surface area (Å²) in [5.74, 6) is 0. The molecule has 0 saturated carbocycles. The standard InChI is InChI=1S/C18H37NO/c1-6-8-9-10-13-18(5,7-2)20-17-11-14-19(15-12-17)16(3)4/h16-17H,6-15H2,1-5H3. The number of ether oxygens (including phenoxy) is 1. The van der Waals surface area contributed by atoms with E-state index in [9.17, 15) is 0 Å². The molecule has 1 atom stereocenters. The molecule has 0 aromatic rings. The van der Waals surface area contributed by atoms with E-state index in [1.165, 1.54) is 58.0 Å². The summed E-state index contributed by atoms with van der Waals surface area (Å²) in [5, 5.41) is 0. The van der Waals surface area contributed by atoms with Crippen LogP contribution in [0.1, 0.15) is 86.0 Å². The van der Waals surface area contributed by atoms with Crippen molar-refractivity contribution in [3.63, 3.8) is 0 Å². The lowest BCUT2D eigenvalue weighted by molar-refractivity contribution is -0.110. The van der Waals surface area contributed by atoms with E-state index in [1.54, 1.807) is 0 Å². The van der Waals surface area contributed by atoms with Gasteiger partial charge in [0.15, 0.2) is 0 Å². The summed E-state index contributed by atoms with van der Waals surface area (Å²) in [6.45, 7) is 13.9. The normalized spacial score (nSPS) is 21.3. The summed E-state index contributed by atoms with van der Waals surface area (Å²) in [6.07, 6.45) is 10.7. The fourth-order valence-corrected chi connectivity index (χ4v) is 3.16. The Labute approximate surface area is 127 Å². The van der Waals surface area contributed by atoms with Crippen molar-refractivity contribution in [2.24, 2.45) is 0 Å². The van der Waals surface area contributed by atoms with Gasteiger partial charge in [-0.15, -0.1) is 0 Å². The molecule has 1 saturated heterocycles. The van der Waals surface area contributed by atoms with Gasteiger partial charge >= 0.3 is 0 Å². The van der Waals surface area contributed by atoms with Crippen LogP contribution in [-0.4, -0.2) is 35.7 Å². The van der Waals surface area contributed by atoms with Crippen LogP contribution in [0.15, 0.2) is 0 Å². The van der Waals surface area contributed by atoms with Crippen LogP contribution < -0.4 is 0 Å². The van der Waals surface area contributed by atoms with Crippen LogP contribution in [0.3, 0.4) is 0 Å². The molecule has 1 aliphatic heterocycles. The van der Waals surface area contributed by atoms with Gasteiger partial charge in [0, 0.05) is 19.1 Å². The molecule has 0 bridgehead atoms. The molecule has 0 N–H and O–H groups in total. The molecule has 0 aliphatic carbocycles. The molecule has 0 aromatic carbocycles. The van der Waals surface area contributed by atoms with Crippen LogP contribution in [0.4, 0.5) is 0 Å². The number of likely N-dealkylation sites (tertiary alicyclic amines) is 1. The first-order valence-corrected chi connectivity index (χ1v) is 8.92. The van der Waals surface area contributed by atoms with E-state index in [0.29, 0.717) is 12.1 Å². The minimum Gasteiger partial charge on any atom is -0.372 e. The fourth-order valence-electron chi connectivity index (χ4n) is 3.16. The largest absolute Gasteiger partial charge is 0.372 e. The van der Waals surface area contributed by atoms with E-state index in [1.807, 2.05) is 0 Å². The molecule has 0 aromatic heterocycles. The summed E-state index contributed by atoms with van der Waals surface area (Å²) in [7, 11) is 0. The van der Waals surface area contributed by atoms with Crippen molar-refractivity contribution in [1.29, 1.82) is 0 Å². The molecule has 20 heavy (non-hydrogen) atoms. The maximum Gasteiger partial charge on any atom is 0.0655 e. The van der Waals surface area contributed by atoms with Gasteiger partial charge in [-0.1, -0.05) is 39.5 Å². The second kappa shape index (κ2) is 9.04. The maximum atomic E-state index is 6.51. The van der Waals surface area contributed by atoms with Gasteiger partial charge in [0.25, 0.3) is 0 Å². The molecule has 2 heteroatoms. The highest BCUT2D eigenvalue weighted by atomic mass is 16.5. The third kappa shape index (κ3) is 6.13. The predicted molar refractivity (Wildman–Crippen MR) is 88.3 cm³/mol. The highest BCUT2D eigenvalue weighted by Gasteiger charge is 2.29. The smallest absolute Gasteiger partial charge is 0.0655 e. The van der Waals surface area contributed by atoms with Crippen molar-refractivity contribution < 1.29 is 4.74 Å². The van der Waals surface area contributed by atoms with Crippen molar-refractivity contribution in [2.45, 2.75) is 104 Å². The Morgan fingerprint density at radius 1 is 1.10 bits per heavy atom. The van der Waals surface area contributed by atoms with Crippen LogP contribution in [0.2, 0.25) is 0 Å². The van der Waals surface area contributed by atoms with Gasteiger partial charge in [0.1, 0.15) is 0 Å². The van der Waals surface area contributed by atoms with Crippen molar-refractivity contribution >= 4 is 0 Å². The lowest BCUT2D eigenvalue weighted by Crippen LogP contribution is -2.44. The minimum absolute atomic E-state index is 0.110. The Hall–Kier alpha value is -0.0800. The first-order valence-electron chi connectivity index (χ1n) is 8.92. The van der Waals surface area contributed by atoms with E-state index in [-0.39, 0.29) is 5.60 Å². The monoisotopic (exact) mass is 283 g/mol. The van der Waals surface area contributed by atoms with Crippen LogP contribution in [0, 0.1) is 0 Å². The Balaban J connectivity index is 2.32. The molecule has 1 aliphatic rings. The second-order valence-electron chi connectivity index (χ2n) is 7.06. The first kappa shape index (κ1) is 18.0. The van der Waals surface area contributed by atoms with Crippen LogP contribution in [-0.2, 0) is 4.74 Å². The molecule has 0 radical (unpaired) electrons. The van der Waals surface area contributed by atoms with Crippen molar-refractivity contribution in [3.8, 4) is 0 Å². The third-order valence-corrected chi connectivity index (χ3v) is 4.97. The highest BCUT2D eigenvalue weighted by molar-refractivity contribution is 4.80. The molecule has 1 unspecified atom stereocenters. The van der Waals surface area contributed by atoms with Gasteiger partial charge < -0.3 is 9.64 Å². The molecule has 2 nitrogen and oxygen atoms in total. The van der Waals surface area contributed by atoms with Crippen LogP contribution >= 0.6 is 0 Å². The number of rotatable bonds is 9. The lowest BCUT2D eigenvalue weighted by Gasteiger charge is -2.39. The molecule has 0 amide bonds. The summed E-state index contributed by atoms with van der Waals surface area (Å²) in [5.41, 5.74) is 0.110. The highest BCUT2D eigenvalue weighted by Crippen LogP contribution is 2.28. The average molecular weight is 284 g/mol. The molecule has 1 heterocycles. The van der Waals surface area contributed by atoms with E-state index >= 15 is 0 Å². The van der Waals surface area contributed by atoms with Crippen molar-refractivity contribution in [2.75, 3.05) is 13.1 Å². The van der Waals surface area contributed by atoms with Gasteiger partial charge in [0.05, 0.1) is 11.7 Å². The zero-order chi connectivity index (χ0) is 15.0. The zero-order valence-electron chi connectivity index (χ0n) is 14.6. The van der Waals surface area contributed by atoms with Gasteiger partial charge in [-0.2, -0.15) is 0 Å². The van der Waals surface area contributed by atoms with E-state index in [4.69, 9.17) is 4.74 Å². The Kier molecular flexibility index (Phi) is 8.13. The molecule has 120 valence electrons. The molecular weight excluding hydrogens is 246 g/mol. The number of nitrogens with zero attached hydrogens (tertiary/aromatic N) is 1. The van der Waals surface area contributed by atoms with E-state index in [0.717, 1.165) is 6.42 Å². The molecule has 1 fully saturated rings. The van der Waals surface area contributed by atoms with Gasteiger partial charge in [-0.05, 0) is 46.5 Å². The number of unbranched alkanes of at least 4 members (excludes halogenated alkanes) is 3. The SMILES string of the molecule is CCCCCCC(C)(CC)OC1CCN(C(C)C)CC1. The molecular formula is C18H37NO. The zero-order valence-corrected chi connectivity index (χ0v) is 14.6. The van der Waals surface area contributed by atoms with Crippen LogP contribution in [0.5, 0.6) is 0 Å². The minimum atomic E-state index is 0.110. The lowest BCUT2D eigenvalue weighted by atomic mass is 9.94. The second-order valence-corrected chi connectivity index (χ2v) is 7.06. The number of hydrogen-bond donors (Lipinski definition) is 0.